The number of pyridine rings is 1. The largest absolute Gasteiger partial charge is 0.465 e. The zero-order valence-electron chi connectivity index (χ0n) is 21.2. The second-order valence-corrected chi connectivity index (χ2v) is 10.3. The molecule has 38 heavy (non-hydrogen) atoms. The van der Waals surface area contributed by atoms with E-state index < -0.39 is 6.09 Å². The molecule has 3 aromatic rings. The molecule has 1 aliphatic carbocycles. The Labute approximate surface area is 220 Å². The van der Waals surface area contributed by atoms with Crippen molar-refractivity contribution in [2.24, 2.45) is 0 Å². The van der Waals surface area contributed by atoms with Crippen molar-refractivity contribution in [1.82, 2.24) is 10.3 Å². The van der Waals surface area contributed by atoms with Gasteiger partial charge in [-0.2, -0.15) is 0 Å². The summed E-state index contributed by atoms with van der Waals surface area (Å²) in [6.45, 7) is 2.83. The van der Waals surface area contributed by atoms with E-state index in [0.717, 1.165) is 90.5 Å². The van der Waals surface area contributed by atoms with Crippen LogP contribution in [-0.4, -0.2) is 54.6 Å². The maximum Gasteiger partial charge on any atom is 0.404 e. The van der Waals surface area contributed by atoms with Crippen LogP contribution in [0.5, 0.6) is 11.5 Å². The summed E-state index contributed by atoms with van der Waals surface area (Å²) in [5, 5.41) is 15.2. The number of aromatic amines is 1. The Kier molecular flexibility index (Phi) is 6.68. The third kappa shape index (κ3) is 5.19. The number of hydrogen-bond donors (Lipinski definition) is 4. The minimum Gasteiger partial charge on any atom is -0.465 e. The summed E-state index contributed by atoms with van der Waals surface area (Å²) in [6.07, 6.45) is 3.30. The van der Waals surface area contributed by atoms with Crippen LogP contribution in [0.15, 0.2) is 53.3 Å². The summed E-state index contributed by atoms with van der Waals surface area (Å²) in [7, 11) is 0. The van der Waals surface area contributed by atoms with Crippen molar-refractivity contribution in [2.45, 2.75) is 44.2 Å². The maximum atomic E-state index is 12.6. The second kappa shape index (κ2) is 10.4. The number of benzene rings is 2. The lowest BCUT2D eigenvalue weighted by Gasteiger charge is -2.30. The number of rotatable bonds is 5. The zero-order valence-corrected chi connectivity index (χ0v) is 21.2. The van der Waals surface area contributed by atoms with Crippen LogP contribution in [0, 0.1) is 0 Å². The third-order valence-corrected chi connectivity index (χ3v) is 7.67. The lowest BCUT2D eigenvalue weighted by Crippen LogP contribution is -2.39. The number of carboxylic acid groups (broad SMARTS) is 1. The fraction of sp³-hybridized carbons (Fsp3) is 0.379. The van der Waals surface area contributed by atoms with Crippen LogP contribution in [0.4, 0.5) is 16.2 Å². The van der Waals surface area contributed by atoms with Crippen LogP contribution in [0.1, 0.15) is 36.8 Å². The van der Waals surface area contributed by atoms with E-state index in [1.165, 1.54) is 0 Å². The highest BCUT2D eigenvalue weighted by atomic mass is 16.5. The SMILES string of the molecule is O=C(O)NC1CCC(Nc2ccc3c(c2)Cc2cccc(-c4cc(N5CCOCC5)cc(=O)[nH]4)c2O3)CC1. The minimum absolute atomic E-state index is 0.0395. The molecule has 1 saturated heterocycles. The first-order valence-corrected chi connectivity index (χ1v) is 13.3. The standard InChI is InChI=1S/C29H32N4O5/c34-27-17-23(33-10-12-37-13-11-33)16-25(32-27)24-3-1-2-18-14-19-15-22(8-9-26(19)38-28(18)24)30-20-4-6-21(7-5-20)31-29(35)36/h1-3,8-9,15-17,20-21,30-31H,4-7,10-14H2,(H,32,34)(H,35,36). The molecule has 6 rings (SSSR count). The Bertz CT molecular complexity index is 1390. The molecule has 0 bridgehead atoms. The summed E-state index contributed by atoms with van der Waals surface area (Å²) in [6, 6.07) is 16.3. The molecule has 3 aliphatic rings. The van der Waals surface area contributed by atoms with Gasteiger partial charge in [0.05, 0.1) is 18.9 Å². The van der Waals surface area contributed by atoms with Crippen molar-refractivity contribution in [1.29, 1.82) is 0 Å². The Balaban J connectivity index is 1.20. The molecule has 0 unspecified atom stereocenters. The molecule has 2 fully saturated rings. The van der Waals surface area contributed by atoms with Gasteiger partial charge >= 0.3 is 6.09 Å². The maximum absolute atomic E-state index is 12.6. The van der Waals surface area contributed by atoms with Gasteiger partial charge in [-0.3, -0.25) is 4.79 Å². The molecule has 2 aromatic carbocycles. The van der Waals surface area contributed by atoms with E-state index in [1.807, 2.05) is 30.3 Å². The number of nitrogens with zero attached hydrogens (tertiary/aromatic N) is 1. The summed E-state index contributed by atoms with van der Waals surface area (Å²) in [5.41, 5.74) is 5.59. The Hall–Kier alpha value is -3.98. The zero-order chi connectivity index (χ0) is 26.1. The molecule has 198 valence electrons. The molecule has 1 aromatic heterocycles. The number of carbonyl (C=O) groups is 1. The lowest BCUT2D eigenvalue weighted by molar-refractivity contribution is 0.122. The van der Waals surface area contributed by atoms with E-state index in [4.69, 9.17) is 14.6 Å². The molecule has 0 spiro atoms. The first kappa shape index (κ1) is 24.4. The predicted octanol–water partition coefficient (Wildman–Crippen LogP) is 4.57. The van der Waals surface area contributed by atoms with Gasteiger partial charge in [-0.05, 0) is 61.6 Å². The van der Waals surface area contributed by atoms with E-state index in [9.17, 15) is 9.59 Å². The Morgan fingerprint density at radius 2 is 1.76 bits per heavy atom. The molecular weight excluding hydrogens is 484 g/mol. The van der Waals surface area contributed by atoms with Crippen molar-refractivity contribution in [3.63, 3.8) is 0 Å². The van der Waals surface area contributed by atoms with Crippen LogP contribution < -0.4 is 25.8 Å². The van der Waals surface area contributed by atoms with Gasteiger partial charge in [0.1, 0.15) is 11.5 Å². The first-order chi connectivity index (χ1) is 18.5. The number of anilines is 2. The quantitative estimate of drug-likeness (QED) is 0.307. The van der Waals surface area contributed by atoms with Gasteiger partial charge in [0.15, 0.2) is 0 Å². The first-order valence-electron chi connectivity index (χ1n) is 13.3. The van der Waals surface area contributed by atoms with E-state index in [-0.39, 0.29) is 11.6 Å². The molecule has 9 heteroatoms. The lowest BCUT2D eigenvalue weighted by atomic mass is 9.91. The summed E-state index contributed by atoms with van der Waals surface area (Å²) < 4.78 is 11.9. The molecule has 1 amide bonds. The van der Waals surface area contributed by atoms with Gasteiger partial charge in [0, 0.05) is 60.2 Å². The van der Waals surface area contributed by atoms with Crippen molar-refractivity contribution >= 4 is 17.5 Å². The minimum atomic E-state index is -0.948. The highest BCUT2D eigenvalue weighted by Gasteiger charge is 2.25. The molecule has 9 nitrogen and oxygen atoms in total. The van der Waals surface area contributed by atoms with Crippen molar-refractivity contribution in [3.05, 3.63) is 70.0 Å². The second-order valence-electron chi connectivity index (χ2n) is 10.3. The molecule has 0 radical (unpaired) electrons. The smallest absolute Gasteiger partial charge is 0.404 e. The monoisotopic (exact) mass is 516 g/mol. The van der Waals surface area contributed by atoms with Crippen molar-refractivity contribution in [2.75, 3.05) is 36.5 Å². The Morgan fingerprint density at radius 3 is 2.55 bits per heavy atom. The van der Waals surface area contributed by atoms with E-state index >= 15 is 0 Å². The van der Waals surface area contributed by atoms with Gasteiger partial charge in [-0.1, -0.05) is 12.1 Å². The fourth-order valence-electron chi connectivity index (χ4n) is 5.75. The van der Waals surface area contributed by atoms with Gasteiger partial charge in [0.25, 0.3) is 0 Å². The summed E-state index contributed by atoms with van der Waals surface area (Å²) >= 11 is 0. The van der Waals surface area contributed by atoms with Gasteiger partial charge in [-0.15, -0.1) is 0 Å². The average Bonchev–Trinajstić information content (AvgIpc) is 2.92. The number of ether oxygens (including phenoxy) is 2. The molecule has 3 heterocycles. The average molecular weight is 517 g/mol. The molecular formula is C29H32N4O5. The Morgan fingerprint density at radius 1 is 0.974 bits per heavy atom. The fourth-order valence-corrected chi connectivity index (χ4v) is 5.75. The van der Waals surface area contributed by atoms with Crippen LogP contribution in [0.25, 0.3) is 11.3 Å². The van der Waals surface area contributed by atoms with E-state index in [0.29, 0.717) is 19.3 Å². The predicted molar refractivity (Wildman–Crippen MR) is 146 cm³/mol. The molecule has 4 N–H and O–H groups in total. The van der Waals surface area contributed by atoms with E-state index in [2.05, 4.69) is 32.7 Å². The molecule has 1 saturated carbocycles. The van der Waals surface area contributed by atoms with Crippen LogP contribution >= 0.6 is 0 Å². The topological polar surface area (TPSA) is 116 Å². The number of nitrogens with one attached hydrogen (secondary N) is 3. The van der Waals surface area contributed by atoms with Crippen LogP contribution in [0.2, 0.25) is 0 Å². The number of amides is 1. The summed E-state index contributed by atoms with van der Waals surface area (Å²) in [5.74, 6) is 1.59. The van der Waals surface area contributed by atoms with Gasteiger partial charge < -0.3 is 35.1 Å². The van der Waals surface area contributed by atoms with E-state index in [1.54, 1.807) is 6.07 Å². The van der Waals surface area contributed by atoms with Crippen LogP contribution in [0.3, 0.4) is 0 Å². The third-order valence-electron chi connectivity index (χ3n) is 7.67. The highest BCUT2D eigenvalue weighted by Crippen LogP contribution is 2.43. The van der Waals surface area contributed by atoms with Crippen molar-refractivity contribution in [3.8, 4) is 22.8 Å². The highest BCUT2D eigenvalue weighted by molar-refractivity contribution is 5.74. The van der Waals surface area contributed by atoms with Gasteiger partial charge in [0.2, 0.25) is 5.56 Å². The number of morpholine rings is 1. The number of para-hydroxylation sites is 1. The number of fused-ring (bicyclic) bond motifs is 2. The number of aromatic nitrogens is 1. The van der Waals surface area contributed by atoms with Gasteiger partial charge in [-0.25, -0.2) is 4.79 Å². The molecule has 2 aliphatic heterocycles. The van der Waals surface area contributed by atoms with Crippen LogP contribution in [-0.2, 0) is 11.2 Å². The summed E-state index contributed by atoms with van der Waals surface area (Å²) in [4.78, 5) is 28.7. The normalized spacial score (nSPS) is 20.6. The number of H-pyrrole nitrogens is 1. The number of hydrogen-bond acceptors (Lipinski definition) is 6. The van der Waals surface area contributed by atoms with Crippen molar-refractivity contribution < 1.29 is 19.4 Å². The molecule has 0 atom stereocenters.